The van der Waals surface area contributed by atoms with Crippen LogP contribution in [0.1, 0.15) is 38.0 Å². The van der Waals surface area contributed by atoms with Crippen LogP contribution < -0.4 is 15.4 Å². The third kappa shape index (κ3) is 4.35. The van der Waals surface area contributed by atoms with Crippen LogP contribution >= 0.6 is 11.6 Å². The van der Waals surface area contributed by atoms with Gasteiger partial charge in [0.1, 0.15) is 17.3 Å². The largest absolute Gasteiger partial charge is 0.573 e. The van der Waals surface area contributed by atoms with Gasteiger partial charge in [0.2, 0.25) is 0 Å². The number of carbonyl (C=O) groups excluding carboxylic acids is 2. The van der Waals surface area contributed by atoms with Crippen molar-refractivity contribution < 1.29 is 31.9 Å². The number of pyridine rings is 1. The molecular formula is C21H12ClF4N3O3. The summed E-state index contributed by atoms with van der Waals surface area (Å²) in [5, 5.41) is 5.60. The summed E-state index contributed by atoms with van der Waals surface area (Å²) in [5.74, 6) is -3.38. The van der Waals surface area contributed by atoms with Crippen LogP contribution in [0.2, 0.25) is 5.02 Å². The summed E-state index contributed by atoms with van der Waals surface area (Å²) in [4.78, 5) is 29.1. The molecule has 2 amide bonds. The molecule has 6 nitrogen and oxygen atoms in total. The zero-order chi connectivity index (χ0) is 23.0. The van der Waals surface area contributed by atoms with Crippen LogP contribution in [0.4, 0.5) is 23.2 Å². The van der Waals surface area contributed by atoms with Gasteiger partial charge in [-0.05, 0) is 29.8 Å². The molecule has 0 aliphatic carbocycles. The molecule has 1 atom stereocenters. The van der Waals surface area contributed by atoms with E-state index >= 15 is 0 Å². The highest BCUT2D eigenvalue weighted by atomic mass is 35.5. The third-order valence-corrected chi connectivity index (χ3v) is 4.95. The molecule has 0 saturated carbocycles. The first kappa shape index (κ1) is 21.6. The van der Waals surface area contributed by atoms with Gasteiger partial charge in [0.05, 0.1) is 11.7 Å². The minimum absolute atomic E-state index is 0.0491. The van der Waals surface area contributed by atoms with E-state index in [0.717, 1.165) is 12.1 Å². The third-order valence-electron chi connectivity index (χ3n) is 4.60. The van der Waals surface area contributed by atoms with Gasteiger partial charge in [-0.3, -0.25) is 14.6 Å². The number of nitrogens with one attached hydrogen (secondary N) is 2. The number of halogens is 5. The number of ether oxygens (including phenoxy) is 1. The van der Waals surface area contributed by atoms with Crippen molar-refractivity contribution >= 4 is 29.1 Å². The molecule has 0 fully saturated rings. The number of rotatable bonds is 4. The maximum absolute atomic E-state index is 13.8. The fourth-order valence-corrected chi connectivity index (χ4v) is 3.60. The molecule has 0 bridgehead atoms. The lowest BCUT2D eigenvalue weighted by atomic mass is 9.99. The van der Waals surface area contributed by atoms with Crippen LogP contribution in [0.5, 0.6) is 5.75 Å². The van der Waals surface area contributed by atoms with Crippen molar-refractivity contribution in [3.05, 3.63) is 88.0 Å². The molecule has 0 spiro atoms. The lowest BCUT2D eigenvalue weighted by Gasteiger charge is -2.17. The van der Waals surface area contributed by atoms with Gasteiger partial charge in [-0.2, -0.15) is 0 Å². The average Bonchev–Trinajstić information content (AvgIpc) is 3.04. The molecule has 1 aromatic heterocycles. The van der Waals surface area contributed by atoms with Crippen molar-refractivity contribution in [1.82, 2.24) is 10.3 Å². The Hall–Kier alpha value is -3.66. The molecule has 11 heteroatoms. The van der Waals surface area contributed by atoms with E-state index in [2.05, 4.69) is 20.4 Å². The molecule has 1 aliphatic heterocycles. The van der Waals surface area contributed by atoms with Gasteiger partial charge >= 0.3 is 6.36 Å². The summed E-state index contributed by atoms with van der Waals surface area (Å²) in [6.45, 7) is 0. The molecule has 32 heavy (non-hydrogen) atoms. The maximum atomic E-state index is 13.8. The van der Waals surface area contributed by atoms with Crippen molar-refractivity contribution in [2.24, 2.45) is 0 Å². The van der Waals surface area contributed by atoms with E-state index in [1.54, 1.807) is 24.3 Å². The van der Waals surface area contributed by atoms with Gasteiger partial charge in [-0.1, -0.05) is 29.8 Å². The Bertz CT molecular complexity index is 1230. The van der Waals surface area contributed by atoms with E-state index in [1.165, 1.54) is 12.3 Å². The van der Waals surface area contributed by atoms with Gasteiger partial charge in [-0.15, -0.1) is 13.2 Å². The summed E-state index contributed by atoms with van der Waals surface area (Å²) in [6.07, 6.45) is -3.77. The molecule has 0 saturated heterocycles. The van der Waals surface area contributed by atoms with Crippen LogP contribution in [0.25, 0.3) is 0 Å². The molecule has 164 valence electrons. The first-order valence-electron chi connectivity index (χ1n) is 9.04. The number of amides is 2. The number of hydrogen-bond donors (Lipinski definition) is 2. The van der Waals surface area contributed by atoms with Crippen LogP contribution in [-0.2, 0) is 0 Å². The molecule has 0 radical (unpaired) electrons. The second-order valence-electron chi connectivity index (χ2n) is 6.73. The lowest BCUT2D eigenvalue weighted by Crippen LogP contribution is -2.21. The van der Waals surface area contributed by atoms with Crippen molar-refractivity contribution in [3.63, 3.8) is 0 Å². The van der Waals surface area contributed by atoms with Crippen molar-refractivity contribution in [2.75, 3.05) is 5.32 Å². The van der Waals surface area contributed by atoms with Crippen molar-refractivity contribution in [2.45, 2.75) is 12.4 Å². The Balaban J connectivity index is 1.69. The first-order chi connectivity index (χ1) is 15.1. The zero-order valence-corrected chi connectivity index (χ0v) is 16.6. The van der Waals surface area contributed by atoms with E-state index in [1.807, 2.05) is 0 Å². The van der Waals surface area contributed by atoms with Gasteiger partial charge in [0.15, 0.2) is 0 Å². The zero-order valence-electron chi connectivity index (χ0n) is 15.8. The Morgan fingerprint density at radius 2 is 1.91 bits per heavy atom. The highest BCUT2D eigenvalue weighted by molar-refractivity contribution is 6.31. The van der Waals surface area contributed by atoms with E-state index in [-0.39, 0.29) is 11.4 Å². The Morgan fingerprint density at radius 1 is 1.16 bits per heavy atom. The van der Waals surface area contributed by atoms with Crippen LogP contribution in [0.3, 0.4) is 0 Å². The topological polar surface area (TPSA) is 80.3 Å². The Morgan fingerprint density at radius 3 is 2.62 bits per heavy atom. The second-order valence-corrected chi connectivity index (χ2v) is 7.13. The molecule has 4 rings (SSSR count). The number of hydrogen-bond acceptors (Lipinski definition) is 4. The number of nitrogens with zero attached hydrogens (tertiary/aromatic N) is 1. The van der Waals surface area contributed by atoms with E-state index in [9.17, 15) is 27.2 Å². The first-order valence-corrected chi connectivity index (χ1v) is 9.42. The fourth-order valence-electron chi connectivity index (χ4n) is 3.35. The number of aromatic nitrogens is 1. The molecule has 2 aromatic carbocycles. The second kappa shape index (κ2) is 8.12. The van der Waals surface area contributed by atoms with Crippen LogP contribution in [0, 0.1) is 5.82 Å². The van der Waals surface area contributed by atoms with Gasteiger partial charge in [0, 0.05) is 28.4 Å². The quantitative estimate of drug-likeness (QED) is 0.539. The summed E-state index contributed by atoms with van der Waals surface area (Å²) in [7, 11) is 0. The smallest absolute Gasteiger partial charge is 0.406 e. The predicted octanol–water partition coefficient (Wildman–Crippen LogP) is 4.86. The molecule has 2 heterocycles. The average molecular weight is 466 g/mol. The fraction of sp³-hybridized carbons (Fsp3) is 0.0952. The SMILES string of the molecule is O=C(Nc1ccnc2c1C(c1ccccc1Cl)NC2=O)c1cc(F)cc(OC(F)(F)F)c1. The lowest BCUT2D eigenvalue weighted by molar-refractivity contribution is -0.274. The minimum atomic E-state index is -5.05. The van der Waals surface area contributed by atoms with E-state index in [4.69, 9.17) is 11.6 Å². The Kier molecular flexibility index (Phi) is 5.47. The molecule has 1 unspecified atom stereocenters. The van der Waals surface area contributed by atoms with Gasteiger partial charge < -0.3 is 15.4 Å². The molecule has 3 aromatic rings. The van der Waals surface area contributed by atoms with Crippen molar-refractivity contribution in [1.29, 1.82) is 0 Å². The van der Waals surface area contributed by atoms with Gasteiger partial charge in [0.25, 0.3) is 11.8 Å². The standard InChI is InChI=1S/C21H12ClF4N3O3/c22-14-4-2-1-3-13(14)17-16-15(5-6-27-18(16)20(31)29-17)28-19(30)10-7-11(23)9-12(8-10)32-21(24,25)26/h1-9,17H,(H,29,31)(H,27,28,30). The highest BCUT2D eigenvalue weighted by Crippen LogP contribution is 2.38. The number of anilines is 1. The number of carbonyl (C=O) groups is 2. The summed E-state index contributed by atoms with van der Waals surface area (Å²) in [6, 6.07) is 9.44. The van der Waals surface area contributed by atoms with Crippen LogP contribution in [-0.4, -0.2) is 23.2 Å². The predicted molar refractivity (Wildman–Crippen MR) is 106 cm³/mol. The van der Waals surface area contributed by atoms with Crippen LogP contribution in [0.15, 0.2) is 54.7 Å². The van der Waals surface area contributed by atoms with Crippen molar-refractivity contribution in [3.8, 4) is 5.75 Å². The summed E-state index contributed by atoms with van der Waals surface area (Å²) >= 11 is 6.25. The highest BCUT2D eigenvalue weighted by Gasteiger charge is 2.35. The van der Waals surface area contributed by atoms with E-state index in [0.29, 0.717) is 22.2 Å². The Labute approximate surface area is 183 Å². The number of alkyl halides is 3. The molecule has 2 N–H and O–H groups in total. The normalized spacial score (nSPS) is 15.2. The molecular weight excluding hydrogens is 454 g/mol. The number of benzene rings is 2. The summed E-state index contributed by atoms with van der Waals surface area (Å²) in [5.41, 5.74) is 0.666. The summed E-state index contributed by atoms with van der Waals surface area (Å²) < 4.78 is 54.9. The monoisotopic (exact) mass is 465 g/mol. The number of fused-ring (bicyclic) bond motifs is 1. The van der Waals surface area contributed by atoms with E-state index < -0.39 is 41.3 Å². The molecule has 1 aliphatic rings. The van der Waals surface area contributed by atoms with Gasteiger partial charge in [-0.25, -0.2) is 4.39 Å². The minimum Gasteiger partial charge on any atom is -0.406 e. The maximum Gasteiger partial charge on any atom is 0.573 e.